The highest BCUT2D eigenvalue weighted by Crippen LogP contribution is 2.39. The summed E-state index contributed by atoms with van der Waals surface area (Å²) in [7, 11) is 4.04. The number of nitrogens with zero attached hydrogens (tertiary/aromatic N) is 7. The van der Waals surface area contributed by atoms with Gasteiger partial charge in [-0.1, -0.05) is 18.2 Å². The van der Waals surface area contributed by atoms with Crippen LogP contribution < -0.4 is 11.1 Å². The van der Waals surface area contributed by atoms with Gasteiger partial charge < -0.3 is 25.1 Å². The highest BCUT2D eigenvalue weighted by atomic mass is 19.1. The molecule has 10 heteroatoms. The maximum absolute atomic E-state index is 14.8. The second-order valence-electron chi connectivity index (χ2n) is 12.0. The summed E-state index contributed by atoms with van der Waals surface area (Å²) in [5.41, 5.74) is 12.0. The number of piperazine rings is 1. The summed E-state index contributed by atoms with van der Waals surface area (Å²) < 4.78 is 18.8. The van der Waals surface area contributed by atoms with E-state index < -0.39 is 0 Å². The van der Waals surface area contributed by atoms with Crippen molar-refractivity contribution in [3.8, 4) is 11.1 Å². The minimum absolute atomic E-state index is 0.241. The summed E-state index contributed by atoms with van der Waals surface area (Å²) in [5.74, 6) is 0.845. The topological polar surface area (TPSA) is 93.1 Å². The molecule has 0 radical (unpaired) electrons. The summed E-state index contributed by atoms with van der Waals surface area (Å²) in [6.07, 6.45) is 8.46. The Hall–Kier alpha value is -4.02. The van der Waals surface area contributed by atoms with E-state index in [1.165, 1.54) is 25.9 Å². The van der Waals surface area contributed by atoms with Crippen LogP contribution in [0.5, 0.6) is 0 Å². The number of imidazole rings is 1. The Morgan fingerprint density at radius 1 is 0.905 bits per heavy atom. The van der Waals surface area contributed by atoms with Crippen LogP contribution in [0.15, 0.2) is 48.9 Å². The Kier molecular flexibility index (Phi) is 6.82. The number of hydrogen-bond donors (Lipinski definition) is 2. The molecule has 3 N–H and O–H groups in total. The van der Waals surface area contributed by atoms with Crippen molar-refractivity contribution in [2.75, 3.05) is 44.3 Å². The van der Waals surface area contributed by atoms with Gasteiger partial charge in [-0.2, -0.15) is 0 Å². The van der Waals surface area contributed by atoms with Crippen LogP contribution in [0.4, 0.5) is 21.8 Å². The molecular formula is C32H38FN9. The summed E-state index contributed by atoms with van der Waals surface area (Å²) in [6, 6.07) is 12.9. The highest BCUT2D eigenvalue weighted by Gasteiger charge is 2.30. The first-order valence-corrected chi connectivity index (χ1v) is 14.9. The number of aromatic nitrogens is 5. The molecule has 0 bridgehead atoms. The van der Waals surface area contributed by atoms with Crippen molar-refractivity contribution in [2.45, 2.75) is 44.7 Å². The average molecular weight is 568 g/mol. The average Bonchev–Trinajstić information content (AvgIpc) is 3.55. The van der Waals surface area contributed by atoms with Gasteiger partial charge in [0.05, 0.1) is 10.9 Å². The number of nitrogens with one attached hydrogen (secondary N) is 1. The summed E-state index contributed by atoms with van der Waals surface area (Å²) >= 11 is 0. The Bertz CT molecular complexity index is 1740. The van der Waals surface area contributed by atoms with Crippen molar-refractivity contribution in [3.63, 3.8) is 0 Å². The zero-order valence-electron chi connectivity index (χ0n) is 24.5. The third-order valence-electron chi connectivity index (χ3n) is 9.37. The number of aryl methyl sites for hydroxylation is 2. The van der Waals surface area contributed by atoms with Crippen LogP contribution in [0.3, 0.4) is 0 Å². The molecular weight excluding hydrogens is 529 g/mol. The fourth-order valence-electron chi connectivity index (χ4n) is 6.83. The van der Waals surface area contributed by atoms with E-state index in [0.717, 1.165) is 53.8 Å². The molecule has 2 fully saturated rings. The van der Waals surface area contributed by atoms with Gasteiger partial charge in [0.1, 0.15) is 23.3 Å². The van der Waals surface area contributed by atoms with Gasteiger partial charge in [-0.05, 0) is 69.0 Å². The van der Waals surface area contributed by atoms with Crippen molar-refractivity contribution in [2.24, 2.45) is 7.05 Å². The van der Waals surface area contributed by atoms with Gasteiger partial charge in [-0.25, -0.2) is 19.3 Å². The smallest absolute Gasteiger partial charge is 0.208 e. The maximum Gasteiger partial charge on any atom is 0.208 e. The second-order valence-corrected chi connectivity index (χ2v) is 12.0. The van der Waals surface area contributed by atoms with Crippen LogP contribution in [0.1, 0.15) is 37.3 Å². The Balaban J connectivity index is 1.13. The molecule has 0 unspecified atom stereocenters. The van der Waals surface area contributed by atoms with E-state index in [-0.39, 0.29) is 5.82 Å². The maximum atomic E-state index is 14.8. The third kappa shape index (κ3) is 4.68. The zero-order chi connectivity index (χ0) is 29.0. The van der Waals surface area contributed by atoms with Crippen LogP contribution in [-0.2, 0) is 7.05 Å². The van der Waals surface area contributed by atoms with Crippen LogP contribution >= 0.6 is 0 Å². The standard InChI is InChI=1S/C32H38FN9/c1-20-4-13-26-29(28(20)33)40(3)32(38-26)37-22-7-5-21(6-8-22)25-18-42(31-27(25)30(34)35-19-36-31)24-11-9-23(10-12-24)41-16-14-39(2)15-17-41/h4-8,13,18-19,23-24H,9-12,14-17H2,1-3H3,(H,37,38)(H2,34,35,36). The molecule has 2 aliphatic rings. The molecule has 2 aromatic carbocycles. The van der Waals surface area contributed by atoms with Crippen molar-refractivity contribution in [1.82, 2.24) is 33.9 Å². The fraction of sp³-hybridized carbons (Fsp3) is 0.406. The molecule has 1 saturated carbocycles. The van der Waals surface area contributed by atoms with E-state index in [9.17, 15) is 4.39 Å². The van der Waals surface area contributed by atoms with Crippen molar-refractivity contribution < 1.29 is 4.39 Å². The second kappa shape index (κ2) is 10.7. The van der Waals surface area contributed by atoms with Crippen LogP contribution in [0.25, 0.3) is 33.2 Å². The summed E-state index contributed by atoms with van der Waals surface area (Å²) in [4.78, 5) is 18.8. The number of anilines is 3. The van der Waals surface area contributed by atoms with E-state index in [0.29, 0.717) is 40.4 Å². The van der Waals surface area contributed by atoms with Gasteiger partial charge in [0.2, 0.25) is 5.95 Å². The molecule has 9 nitrogen and oxygen atoms in total. The Morgan fingerprint density at radius 3 is 2.36 bits per heavy atom. The number of nitrogen functional groups attached to an aromatic ring is 1. The van der Waals surface area contributed by atoms with E-state index in [4.69, 9.17) is 10.7 Å². The van der Waals surface area contributed by atoms with E-state index >= 15 is 0 Å². The molecule has 1 saturated heterocycles. The highest BCUT2D eigenvalue weighted by molar-refractivity contribution is 6.00. The molecule has 42 heavy (non-hydrogen) atoms. The number of hydrogen-bond acceptors (Lipinski definition) is 7. The molecule has 0 atom stereocenters. The number of halogens is 1. The van der Waals surface area contributed by atoms with E-state index in [1.807, 2.05) is 25.2 Å². The Labute approximate surface area is 245 Å². The Morgan fingerprint density at radius 2 is 1.62 bits per heavy atom. The third-order valence-corrected chi connectivity index (χ3v) is 9.37. The molecule has 1 aliphatic heterocycles. The van der Waals surface area contributed by atoms with Gasteiger partial charge in [0, 0.05) is 62.8 Å². The largest absolute Gasteiger partial charge is 0.383 e. The van der Waals surface area contributed by atoms with Crippen LogP contribution in [-0.4, -0.2) is 73.2 Å². The predicted molar refractivity (Wildman–Crippen MR) is 166 cm³/mol. The zero-order valence-corrected chi connectivity index (χ0v) is 24.5. The molecule has 3 aromatic heterocycles. The summed E-state index contributed by atoms with van der Waals surface area (Å²) in [5, 5.41) is 4.25. The van der Waals surface area contributed by atoms with Crippen molar-refractivity contribution in [3.05, 3.63) is 60.3 Å². The first-order valence-electron chi connectivity index (χ1n) is 14.9. The van der Waals surface area contributed by atoms with Crippen molar-refractivity contribution >= 4 is 39.5 Å². The van der Waals surface area contributed by atoms with Gasteiger partial charge in [0.25, 0.3) is 0 Å². The van der Waals surface area contributed by atoms with Crippen molar-refractivity contribution in [1.29, 1.82) is 0 Å². The molecule has 0 spiro atoms. The normalized spacial score (nSPS) is 20.5. The minimum Gasteiger partial charge on any atom is -0.383 e. The molecule has 7 rings (SSSR count). The lowest BCUT2D eigenvalue weighted by Gasteiger charge is -2.41. The predicted octanol–water partition coefficient (Wildman–Crippen LogP) is 5.49. The molecule has 1 aliphatic carbocycles. The quantitative estimate of drug-likeness (QED) is 0.290. The van der Waals surface area contributed by atoms with Crippen LogP contribution in [0.2, 0.25) is 0 Å². The minimum atomic E-state index is -0.241. The van der Waals surface area contributed by atoms with E-state index in [1.54, 1.807) is 23.9 Å². The number of fused-ring (bicyclic) bond motifs is 2. The van der Waals surface area contributed by atoms with Gasteiger partial charge in [0.15, 0.2) is 5.82 Å². The van der Waals surface area contributed by atoms with Crippen LogP contribution in [0, 0.1) is 12.7 Å². The molecule has 4 heterocycles. The molecule has 0 amide bonds. The first kappa shape index (κ1) is 26.9. The lowest BCUT2D eigenvalue weighted by Crippen LogP contribution is -2.49. The number of nitrogens with two attached hydrogens (primary N) is 1. The van der Waals surface area contributed by atoms with Gasteiger partial charge >= 0.3 is 0 Å². The summed E-state index contributed by atoms with van der Waals surface area (Å²) in [6.45, 7) is 6.43. The monoisotopic (exact) mass is 567 g/mol. The number of benzene rings is 2. The lowest BCUT2D eigenvalue weighted by atomic mass is 9.89. The number of rotatable bonds is 5. The first-order chi connectivity index (χ1) is 20.4. The molecule has 218 valence electrons. The SMILES string of the molecule is Cc1ccc2nc(Nc3ccc(-c4cn(C5CCC(N6CCN(C)CC6)CC5)c5ncnc(N)c45)cc3)n(C)c2c1F. The van der Waals surface area contributed by atoms with Gasteiger partial charge in [-0.3, -0.25) is 4.90 Å². The van der Waals surface area contributed by atoms with E-state index in [2.05, 4.69) is 55.0 Å². The van der Waals surface area contributed by atoms with Gasteiger partial charge in [-0.15, -0.1) is 0 Å². The lowest BCUT2D eigenvalue weighted by molar-refractivity contribution is 0.0828. The molecule has 5 aromatic rings. The fourth-order valence-corrected chi connectivity index (χ4v) is 6.83. The number of likely N-dealkylation sites (N-methyl/N-ethyl adjacent to an activating group) is 1.